The Kier molecular flexibility index (Phi) is 6.22. The molecule has 1 aromatic heterocycles. The molecule has 28 heavy (non-hydrogen) atoms. The number of para-hydroxylation sites is 1. The molecule has 0 aliphatic heterocycles. The molecule has 0 unspecified atom stereocenters. The minimum absolute atomic E-state index is 0.330. The highest BCUT2D eigenvalue weighted by Gasteiger charge is 2.12. The summed E-state index contributed by atoms with van der Waals surface area (Å²) in [5.41, 5.74) is 8.48. The highest BCUT2D eigenvalue weighted by molar-refractivity contribution is 6.42. The Balaban J connectivity index is 1.81. The largest absolute Gasteiger partial charge is 0.318 e. The van der Waals surface area contributed by atoms with Crippen LogP contribution in [-0.4, -0.2) is 16.7 Å². The van der Waals surface area contributed by atoms with E-state index in [1.165, 1.54) is 17.3 Å². The third-order valence-corrected chi connectivity index (χ3v) is 5.37. The molecule has 4 nitrogen and oxygen atoms in total. The highest BCUT2D eigenvalue weighted by Crippen LogP contribution is 2.24. The Bertz CT molecular complexity index is 1050. The van der Waals surface area contributed by atoms with Crippen molar-refractivity contribution in [3.05, 3.63) is 86.7 Å². The Hall–Kier alpha value is -2.56. The molecule has 0 aliphatic carbocycles. The maximum atomic E-state index is 12.2. The van der Waals surface area contributed by atoms with E-state index in [4.69, 9.17) is 23.2 Å². The van der Waals surface area contributed by atoms with Gasteiger partial charge in [0.25, 0.3) is 5.91 Å². The molecule has 144 valence electrons. The van der Waals surface area contributed by atoms with Crippen LogP contribution in [0.1, 0.15) is 39.8 Å². The van der Waals surface area contributed by atoms with Crippen LogP contribution in [0.3, 0.4) is 0 Å². The lowest BCUT2D eigenvalue weighted by molar-refractivity contribution is 0.0955. The number of nitrogens with one attached hydrogen (secondary N) is 1. The molecule has 0 atom stereocenters. The van der Waals surface area contributed by atoms with E-state index in [1.54, 1.807) is 18.3 Å². The van der Waals surface area contributed by atoms with Crippen LogP contribution in [0, 0.1) is 13.8 Å². The third kappa shape index (κ3) is 4.13. The minimum Gasteiger partial charge on any atom is -0.318 e. The predicted octanol–water partition coefficient (Wildman–Crippen LogP) is 5.73. The van der Waals surface area contributed by atoms with Crippen LogP contribution in [0.4, 0.5) is 0 Å². The van der Waals surface area contributed by atoms with Crippen LogP contribution in [0.15, 0.2) is 53.6 Å². The monoisotopic (exact) mass is 413 g/mol. The summed E-state index contributed by atoms with van der Waals surface area (Å²) in [6.45, 7) is 6.25. The molecule has 3 aromatic rings. The number of carbonyl (C=O) groups is 1. The maximum absolute atomic E-state index is 12.2. The first-order valence-electron chi connectivity index (χ1n) is 8.98. The standard InChI is InChI=1S/C22H21Cl2N3O/c1-4-16-7-5-6-8-21(16)27-14(2)11-18(15(27)3)13-25-26-22(28)17-9-10-19(23)20(24)12-17/h5-13H,4H2,1-3H3,(H,26,28)/b25-13-. The molecule has 0 fully saturated rings. The summed E-state index contributed by atoms with van der Waals surface area (Å²) in [6.07, 6.45) is 2.61. The van der Waals surface area contributed by atoms with Crippen LogP contribution >= 0.6 is 23.2 Å². The van der Waals surface area contributed by atoms with Gasteiger partial charge in [0.1, 0.15) is 0 Å². The summed E-state index contributed by atoms with van der Waals surface area (Å²) in [6, 6.07) is 15.1. The summed E-state index contributed by atoms with van der Waals surface area (Å²) >= 11 is 11.8. The topological polar surface area (TPSA) is 46.4 Å². The van der Waals surface area contributed by atoms with E-state index in [0.717, 1.165) is 23.4 Å². The van der Waals surface area contributed by atoms with Gasteiger partial charge in [0.2, 0.25) is 0 Å². The van der Waals surface area contributed by atoms with E-state index < -0.39 is 0 Å². The average molecular weight is 414 g/mol. The second-order valence-electron chi connectivity index (χ2n) is 6.47. The second-order valence-corrected chi connectivity index (χ2v) is 7.29. The molecule has 1 N–H and O–H groups in total. The normalized spacial score (nSPS) is 11.2. The number of carbonyl (C=O) groups excluding carboxylic acids is 1. The van der Waals surface area contributed by atoms with Crippen molar-refractivity contribution in [2.75, 3.05) is 0 Å². The number of hydrogen-bond acceptors (Lipinski definition) is 2. The van der Waals surface area contributed by atoms with Crippen LogP contribution in [0.5, 0.6) is 0 Å². The lowest BCUT2D eigenvalue weighted by Gasteiger charge is -2.13. The zero-order chi connectivity index (χ0) is 20.3. The number of nitrogens with zero attached hydrogens (tertiary/aromatic N) is 2. The van der Waals surface area contributed by atoms with Gasteiger partial charge in [-0.25, -0.2) is 5.43 Å². The molecule has 6 heteroatoms. The number of rotatable bonds is 5. The summed E-state index contributed by atoms with van der Waals surface area (Å²) in [5.74, 6) is -0.347. The minimum atomic E-state index is -0.347. The van der Waals surface area contributed by atoms with Gasteiger partial charge in [-0.05, 0) is 56.2 Å². The van der Waals surface area contributed by atoms with Gasteiger partial charge >= 0.3 is 0 Å². The van der Waals surface area contributed by atoms with Gasteiger partial charge in [-0.15, -0.1) is 0 Å². The van der Waals surface area contributed by atoms with Crippen molar-refractivity contribution in [2.45, 2.75) is 27.2 Å². The first-order valence-corrected chi connectivity index (χ1v) is 9.73. The maximum Gasteiger partial charge on any atom is 0.271 e. The second kappa shape index (κ2) is 8.63. The fourth-order valence-electron chi connectivity index (χ4n) is 3.18. The fraction of sp³-hybridized carbons (Fsp3) is 0.182. The van der Waals surface area contributed by atoms with Gasteiger partial charge in [0.15, 0.2) is 0 Å². The summed E-state index contributed by atoms with van der Waals surface area (Å²) in [7, 11) is 0. The van der Waals surface area contributed by atoms with Gasteiger partial charge < -0.3 is 4.57 Å². The first-order chi connectivity index (χ1) is 13.4. The number of benzene rings is 2. The molecule has 0 saturated heterocycles. The zero-order valence-corrected chi connectivity index (χ0v) is 17.5. The van der Waals surface area contributed by atoms with Crippen molar-refractivity contribution in [3.63, 3.8) is 0 Å². The van der Waals surface area contributed by atoms with Crippen LogP contribution in [0.2, 0.25) is 10.0 Å². The quantitative estimate of drug-likeness (QED) is 0.421. The van der Waals surface area contributed by atoms with E-state index in [-0.39, 0.29) is 5.91 Å². The number of halogens is 2. The van der Waals surface area contributed by atoms with E-state index in [9.17, 15) is 4.79 Å². The van der Waals surface area contributed by atoms with E-state index >= 15 is 0 Å². The molecule has 0 spiro atoms. The van der Waals surface area contributed by atoms with Crippen molar-refractivity contribution >= 4 is 35.3 Å². The van der Waals surface area contributed by atoms with Gasteiger partial charge in [0, 0.05) is 28.2 Å². The van der Waals surface area contributed by atoms with Crippen LogP contribution < -0.4 is 5.43 Å². The van der Waals surface area contributed by atoms with Crippen molar-refractivity contribution in [1.29, 1.82) is 0 Å². The van der Waals surface area contributed by atoms with Crippen molar-refractivity contribution in [3.8, 4) is 5.69 Å². The molecule has 1 heterocycles. The number of amides is 1. The molecule has 0 aliphatic rings. The van der Waals surface area contributed by atoms with Gasteiger partial charge in [-0.3, -0.25) is 4.79 Å². The van der Waals surface area contributed by atoms with Gasteiger partial charge in [-0.1, -0.05) is 48.3 Å². The number of aryl methyl sites for hydroxylation is 2. The van der Waals surface area contributed by atoms with Crippen LogP contribution in [-0.2, 0) is 6.42 Å². The molecule has 3 rings (SSSR count). The van der Waals surface area contributed by atoms with Crippen molar-refractivity contribution in [2.24, 2.45) is 5.10 Å². The van der Waals surface area contributed by atoms with Crippen molar-refractivity contribution in [1.82, 2.24) is 9.99 Å². The van der Waals surface area contributed by atoms with E-state index in [1.807, 2.05) is 13.0 Å². The predicted molar refractivity (Wildman–Crippen MR) is 116 cm³/mol. The summed E-state index contributed by atoms with van der Waals surface area (Å²) < 4.78 is 2.21. The Labute approximate surface area is 174 Å². The SMILES string of the molecule is CCc1ccccc1-n1c(C)cc(/C=N\NC(=O)c2ccc(Cl)c(Cl)c2)c1C. The smallest absolute Gasteiger partial charge is 0.271 e. The number of hydrazone groups is 1. The van der Waals surface area contributed by atoms with E-state index in [0.29, 0.717) is 15.6 Å². The molecule has 0 saturated carbocycles. The molecular formula is C22H21Cl2N3O. The van der Waals surface area contributed by atoms with Gasteiger partial charge in [-0.2, -0.15) is 5.10 Å². The Morgan fingerprint density at radius 1 is 1.11 bits per heavy atom. The molecule has 1 amide bonds. The lowest BCUT2D eigenvalue weighted by Crippen LogP contribution is -2.17. The van der Waals surface area contributed by atoms with E-state index in [2.05, 4.69) is 53.2 Å². The van der Waals surface area contributed by atoms with Gasteiger partial charge in [0.05, 0.1) is 16.3 Å². The number of hydrogen-bond donors (Lipinski definition) is 1. The van der Waals surface area contributed by atoms with Crippen LogP contribution in [0.25, 0.3) is 5.69 Å². The molecule has 0 radical (unpaired) electrons. The Morgan fingerprint density at radius 3 is 2.57 bits per heavy atom. The zero-order valence-electron chi connectivity index (χ0n) is 16.0. The number of aromatic nitrogens is 1. The fourth-order valence-corrected chi connectivity index (χ4v) is 3.48. The Morgan fingerprint density at radius 2 is 1.86 bits per heavy atom. The summed E-state index contributed by atoms with van der Waals surface area (Å²) in [5, 5.41) is 4.84. The average Bonchev–Trinajstić information content (AvgIpc) is 2.97. The molecule has 2 aromatic carbocycles. The van der Waals surface area contributed by atoms with Crippen molar-refractivity contribution < 1.29 is 4.79 Å². The first kappa shape index (κ1) is 20.2. The molecular weight excluding hydrogens is 393 g/mol. The molecule has 0 bridgehead atoms. The lowest BCUT2D eigenvalue weighted by atomic mass is 10.1. The third-order valence-electron chi connectivity index (χ3n) is 4.64. The summed E-state index contributed by atoms with van der Waals surface area (Å²) in [4.78, 5) is 12.2. The highest BCUT2D eigenvalue weighted by atomic mass is 35.5.